The Kier molecular flexibility index (Phi) is 1.88. The lowest BCUT2D eigenvalue weighted by atomic mass is 10.2. The molecule has 68 valence electrons. The summed E-state index contributed by atoms with van der Waals surface area (Å²) in [5.74, 6) is 0.00579. The highest BCUT2D eigenvalue weighted by Crippen LogP contribution is 2.11. The number of nitrogens with two attached hydrogens (primary N) is 1. The van der Waals surface area contributed by atoms with Gasteiger partial charge in [-0.15, -0.1) is 0 Å². The van der Waals surface area contributed by atoms with Crippen LogP contribution in [0.2, 0.25) is 0 Å². The molecule has 1 saturated heterocycles. The first-order valence-electron chi connectivity index (χ1n) is 4.28. The number of carbonyl (C=O) groups is 1. The van der Waals surface area contributed by atoms with Crippen LogP contribution in [-0.2, 0) is 0 Å². The zero-order valence-electron chi connectivity index (χ0n) is 7.23. The third-order valence-electron chi connectivity index (χ3n) is 2.15. The van der Waals surface area contributed by atoms with E-state index in [9.17, 15) is 4.79 Å². The first kappa shape index (κ1) is 8.04. The number of nitrogen functional groups attached to an aromatic ring is 1. The Labute approximate surface area is 76.4 Å². The van der Waals surface area contributed by atoms with Gasteiger partial charge in [-0.2, -0.15) is 0 Å². The van der Waals surface area contributed by atoms with Gasteiger partial charge in [0.1, 0.15) is 5.69 Å². The van der Waals surface area contributed by atoms with Gasteiger partial charge in [-0.25, -0.2) is 4.98 Å². The van der Waals surface area contributed by atoms with Crippen molar-refractivity contribution in [3.63, 3.8) is 0 Å². The monoisotopic (exact) mass is 177 g/mol. The van der Waals surface area contributed by atoms with E-state index in [0.29, 0.717) is 11.4 Å². The van der Waals surface area contributed by atoms with Gasteiger partial charge in [0, 0.05) is 13.1 Å². The standard InChI is InChI=1S/C9H11N3O/c10-7-2-3-8(11-6-7)9(13)12-4-1-5-12/h2-3,6H,1,4-5,10H2. The lowest BCUT2D eigenvalue weighted by Crippen LogP contribution is -2.42. The summed E-state index contributed by atoms with van der Waals surface area (Å²) >= 11 is 0. The number of likely N-dealkylation sites (tertiary alicyclic amines) is 1. The van der Waals surface area contributed by atoms with E-state index in [2.05, 4.69) is 4.98 Å². The molecule has 0 aromatic carbocycles. The first-order chi connectivity index (χ1) is 6.27. The summed E-state index contributed by atoms with van der Waals surface area (Å²) in [4.78, 5) is 17.3. The second kappa shape index (κ2) is 3.05. The summed E-state index contributed by atoms with van der Waals surface area (Å²) in [6.07, 6.45) is 2.60. The summed E-state index contributed by atoms with van der Waals surface area (Å²) in [5.41, 5.74) is 6.53. The lowest BCUT2D eigenvalue weighted by molar-refractivity contribution is 0.0646. The highest BCUT2D eigenvalue weighted by Gasteiger charge is 2.21. The smallest absolute Gasteiger partial charge is 0.272 e. The Morgan fingerprint density at radius 2 is 2.23 bits per heavy atom. The van der Waals surface area contributed by atoms with E-state index in [4.69, 9.17) is 5.73 Å². The Bertz CT molecular complexity index is 316. The minimum atomic E-state index is 0.00579. The van der Waals surface area contributed by atoms with Crippen molar-refractivity contribution < 1.29 is 4.79 Å². The molecule has 0 radical (unpaired) electrons. The summed E-state index contributed by atoms with van der Waals surface area (Å²) in [7, 11) is 0. The van der Waals surface area contributed by atoms with E-state index in [1.165, 1.54) is 6.20 Å². The van der Waals surface area contributed by atoms with E-state index in [-0.39, 0.29) is 5.91 Å². The summed E-state index contributed by atoms with van der Waals surface area (Å²) in [5, 5.41) is 0. The fourth-order valence-electron chi connectivity index (χ4n) is 1.21. The average Bonchev–Trinajstić information content (AvgIpc) is 2.02. The third-order valence-corrected chi connectivity index (χ3v) is 2.15. The van der Waals surface area contributed by atoms with E-state index in [0.717, 1.165) is 19.5 Å². The minimum absolute atomic E-state index is 0.00579. The van der Waals surface area contributed by atoms with Crippen molar-refractivity contribution in [2.24, 2.45) is 0 Å². The lowest BCUT2D eigenvalue weighted by Gasteiger charge is -2.30. The van der Waals surface area contributed by atoms with Gasteiger partial charge in [0.25, 0.3) is 5.91 Å². The van der Waals surface area contributed by atoms with Gasteiger partial charge in [0.2, 0.25) is 0 Å². The molecule has 0 atom stereocenters. The number of hydrogen-bond donors (Lipinski definition) is 1. The maximum atomic E-state index is 11.6. The van der Waals surface area contributed by atoms with Crippen molar-refractivity contribution >= 4 is 11.6 Å². The van der Waals surface area contributed by atoms with Gasteiger partial charge in [-0.3, -0.25) is 4.79 Å². The Hall–Kier alpha value is -1.58. The molecule has 4 nitrogen and oxygen atoms in total. The van der Waals surface area contributed by atoms with Crippen LogP contribution >= 0.6 is 0 Å². The van der Waals surface area contributed by atoms with Crippen LogP contribution in [0.3, 0.4) is 0 Å². The number of hydrogen-bond acceptors (Lipinski definition) is 3. The molecule has 1 aromatic heterocycles. The van der Waals surface area contributed by atoms with Crippen molar-refractivity contribution in [2.75, 3.05) is 18.8 Å². The van der Waals surface area contributed by atoms with Crippen LogP contribution in [-0.4, -0.2) is 28.9 Å². The van der Waals surface area contributed by atoms with Crippen molar-refractivity contribution in [3.8, 4) is 0 Å². The molecule has 13 heavy (non-hydrogen) atoms. The van der Waals surface area contributed by atoms with Crippen LogP contribution in [0.5, 0.6) is 0 Å². The molecule has 2 rings (SSSR count). The van der Waals surface area contributed by atoms with Crippen molar-refractivity contribution in [1.82, 2.24) is 9.88 Å². The Morgan fingerprint density at radius 3 is 2.69 bits per heavy atom. The summed E-state index contributed by atoms with van der Waals surface area (Å²) in [6, 6.07) is 3.36. The van der Waals surface area contributed by atoms with Crippen molar-refractivity contribution in [3.05, 3.63) is 24.0 Å². The Morgan fingerprint density at radius 1 is 1.46 bits per heavy atom. The molecule has 0 saturated carbocycles. The largest absolute Gasteiger partial charge is 0.397 e. The highest BCUT2D eigenvalue weighted by atomic mass is 16.2. The van der Waals surface area contributed by atoms with Gasteiger partial charge >= 0.3 is 0 Å². The van der Waals surface area contributed by atoms with Crippen LogP contribution in [0.15, 0.2) is 18.3 Å². The average molecular weight is 177 g/mol. The van der Waals surface area contributed by atoms with Gasteiger partial charge in [0.15, 0.2) is 0 Å². The molecule has 0 bridgehead atoms. The van der Waals surface area contributed by atoms with Gasteiger partial charge in [-0.05, 0) is 18.6 Å². The third kappa shape index (κ3) is 1.47. The van der Waals surface area contributed by atoms with Crippen LogP contribution < -0.4 is 5.73 Å². The number of pyridine rings is 1. The fourth-order valence-corrected chi connectivity index (χ4v) is 1.21. The van der Waals surface area contributed by atoms with Gasteiger partial charge in [-0.1, -0.05) is 0 Å². The number of carbonyl (C=O) groups excluding carboxylic acids is 1. The maximum absolute atomic E-state index is 11.6. The SMILES string of the molecule is Nc1ccc(C(=O)N2CCC2)nc1. The van der Waals surface area contributed by atoms with Crippen molar-refractivity contribution in [1.29, 1.82) is 0 Å². The number of amides is 1. The molecule has 1 aliphatic heterocycles. The fraction of sp³-hybridized carbons (Fsp3) is 0.333. The molecule has 1 aromatic rings. The predicted octanol–water partition coefficient (Wildman–Crippen LogP) is 0.510. The van der Waals surface area contributed by atoms with E-state index in [1.807, 2.05) is 0 Å². The van der Waals surface area contributed by atoms with E-state index in [1.54, 1.807) is 17.0 Å². The highest BCUT2D eigenvalue weighted by molar-refractivity contribution is 5.92. The molecule has 2 heterocycles. The molecular weight excluding hydrogens is 166 g/mol. The van der Waals surface area contributed by atoms with E-state index >= 15 is 0 Å². The number of nitrogens with zero attached hydrogens (tertiary/aromatic N) is 2. The number of anilines is 1. The zero-order chi connectivity index (χ0) is 9.26. The van der Waals surface area contributed by atoms with Gasteiger partial charge < -0.3 is 10.6 Å². The predicted molar refractivity (Wildman–Crippen MR) is 49.2 cm³/mol. The number of rotatable bonds is 1. The molecule has 0 aliphatic carbocycles. The van der Waals surface area contributed by atoms with Crippen LogP contribution in [0.4, 0.5) is 5.69 Å². The quantitative estimate of drug-likeness (QED) is 0.680. The molecule has 1 amide bonds. The summed E-state index contributed by atoms with van der Waals surface area (Å²) < 4.78 is 0. The molecule has 0 unspecified atom stereocenters. The molecule has 2 N–H and O–H groups in total. The molecule has 1 aliphatic rings. The minimum Gasteiger partial charge on any atom is -0.397 e. The second-order valence-corrected chi connectivity index (χ2v) is 3.12. The van der Waals surface area contributed by atoms with Crippen LogP contribution in [0.25, 0.3) is 0 Å². The van der Waals surface area contributed by atoms with Crippen LogP contribution in [0.1, 0.15) is 16.9 Å². The topological polar surface area (TPSA) is 59.2 Å². The number of aromatic nitrogens is 1. The normalized spacial score (nSPS) is 15.2. The molecule has 4 heteroatoms. The second-order valence-electron chi connectivity index (χ2n) is 3.12. The zero-order valence-corrected chi connectivity index (χ0v) is 7.23. The van der Waals surface area contributed by atoms with Crippen LogP contribution in [0, 0.1) is 0 Å². The molecule has 1 fully saturated rings. The first-order valence-corrected chi connectivity index (χ1v) is 4.28. The van der Waals surface area contributed by atoms with Crippen molar-refractivity contribution in [2.45, 2.75) is 6.42 Å². The molecular formula is C9H11N3O. The summed E-state index contributed by atoms with van der Waals surface area (Å²) in [6.45, 7) is 1.70. The molecule has 0 spiro atoms. The van der Waals surface area contributed by atoms with Gasteiger partial charge in [0.05, 0.1) is 11.9 Å². The van der Waals surface area contributed by atoms with E-state index < -0.39 is 0 Å². The Balaban J connectivity index is 2.15. The maximum Gasteiger partial charge on any atom is 0.272 e.